The highest BCUT2D eigenvalue weighted by Crippen LogP contribution is 2.15. The lowest BCUT2D eigenvalue weighted by Gasteiger charge is -2.25. The molecule has 1 amide bonds. The predicted molar refractivity (Wildman–Crippen MR) is 113 cm³/mol. The van der Waals surface area contributed by atoms with Gasteiger partial charge in [-0.1, -0.05) is 18.2 Å². The number of hydrogen-bond donors (Lipinski definition) is 2. The molecule has 12 heteroatoms. The van der Waals surface area contributed by atoms with Crippen LogP contribution in [0.3, 0.4) is 0 Å². The van der Waals surface area contributed by atoms with Crippen molar-refractivity contribution < 1.29 is 38.5 Å². The van der Waals surface area contributed by atoms with Gasteiger partial charge in [-0.2, -0.15) is 0 Å². The lowest BCUT2D eigenvalue weighted by atomic mass is 10.2. The fraction of sp³-hybridized carbons (Fsp3) is 0.200. The molecule has 0 radical (unpaired) electrons. The average Bonchev–Trinajstić information content (AvgIpc) is 2.82. The molecular formula is C20H22N4O8. The zero-order chi connectivity index (χ0) is 23.9. The fourth-order valence-electron chi connectivity index (χ4n) is 2.20. The third-order valence-electron chi connectivity index (χ3n) is 3.62. The molecule has 0 fully saturated rings. The maximum absolute atomic E-state index is 12.5. The number of amides is 1. The number of carbonyl (C=O) groups excluding carboxylic acids is 3. The molecule has 0 saturated carbocycles. The number of carboxylic acid groups (broad SMARTS) is 1. The van der Waals surface area contributed by atoms with E-state index in [2.05, 4.69) is 19.2 Å². The minimum atomic E-state index is -1.10. The maximum Gasteiger partial charge on any atom is 0.518 e. The van der Waals surface area contributed by atoms with Gasteiger partial charge < -0.3 is 24.2 Å². The summed E-state index contributed by atoms with van der Waals surface area (Å²) in [4.78, 5) is 50.1. The largest absolute Gasteiger partial charge is 0.518 e. The summed E-state index contributed by atoms with van der Waals surface area (Å²) in [6.45, 7) is -0.583. The zero-order valence-corrected chi connectivity index (χ0v) is 17.3. The lowest BCUT2D eigenvalue weighted by molar-refractivity contribution is -0.136. The van der Waals surface area contributed by atoms with E-state index in [9.17, 15) is 19.2 Å². The number of para-hydroxylation sites is 1. The van der Waals surface area contributed by atoms with Crippen molar-refractivity contribution in [3.05, 3.63) is 54.9 Å². The Labute approximate surface area is 183 Å². The highest BCUT2D eigenvalue weighted by Gasteiger charge is 2.21. The molecule has 2 N–H and O–H groups in total. The van der Waals surface area contributed by atoms with Gasteiger partial charge in [-0.05, 0) is 24.3 Å². The van der Waals surface area contributed by atoms with E-state index in [0.717, 1.165) is 20.6 Å². The van der Waals surface area contributed by atoms with Crippen molar-refractivity contribution in [2.45, 2.75) is 0 Å². The minimum Gasteiger partial charge on any atom is -0.480 e. The number of pyridine rings is 1. The van der Waals surface area contributed by atoms with E-state index in [0.29, 0.717) is 11.4 Å². The van der Waals surface area contributed by atoms with Crippen LogP contribution < -0.4 is 9.80 Å². The number of nitrogens with zero attached hydrogens (tertiary/aromatic N) is 3. The molecule has 1 aromatic carbocycles. The third kappa shape index (κ3) is 8.90. The highest BCUT2D eigenvalue weighted by atomic mass is 16.8. The van der Waals surface area contributed by atoms with Crippen LogP contribution in [-0.2, 0) is 23.8 Å². The van der Waals surface area contributed by atoms with Crippen LogP contribution in [0.25, 0.3) is 0 Å². The van der Waals surface area contributed by atoms with Crippen molar-refractivity contribution in [1.82, 2.24) is 4.98 Å². The van der Waals surface area contributed by atoms with Crippen molar-refractivity contribution in [2.75, 3.05) is 37.1 Å². The van der Waals surface area contributed by atoms with E-state index in [-0.39, 0.29) is 6.54 Å². The topological polar surface area (TPSA) is 159 Å². The molecule has 0 aliphatic carbocycles. The number of carboxylic acids is 1. The lowest BCUT2D eigenvalue weighted by Crippen LogP contribution is -2.42. The Morgan fingerprint density at radius 1 is 0.938 bits per heavy atom. The van der Waals surface area contributed by atoms with Crippen molar-refractivity contribution in [3.8, 4) is 0 Å². The first-order valence-corrected chi connectivity index (χ1v) is 8.90. The number of anilines is 2. The number of hydrogen-bond acceptors (Lipinski definition) is 9. The van der Waals surface area contributed by atoms with Crippen LogP contribution in [0.2, 0.25) is 0 Å². The van der Waals surface area contributed by atoms with E-state index >= 15 is 0 Å². The molecule has 1 heterocycles. The molecule has 0 spiro atoms. The molecule has 0 aliphatic rings. The Balaban J connectivity index is 0.000000482. The molecule has 0 saturated heterocycles. The molecule has 0 atom stereocenters. The highest BCUT2D eigenvalue weighted by molar-refractivity contribution is 6.02. The molecule has 170 valence electrons. The van der Waals surface area contributed by atoms with Crippen LogP contribution in [0.5, 0.6) is 0 Å². The van der Waals surface area contributed by atoms with Crippen LogP contribution in [0.15, 0.2) is 54.9 Å². The summed E-state index contributed by atoms with van der Waals surface area (Å²) in [7, 11) is 2.18. The van der Waals surface area contributed by atoms with Gasteiger partial charge in [0.2, 0.25) is 5.91 Å². The fourth-order valence-corrected chi connectivity index (χ4v) is 2.20. The summed E-state index contributed by atoms with van der Waals surface area (Å²) in [5.74, 6) is -1.52. The summed E-state index contributed by atoms with van der Waals surface area (Å²) < 4.78 is 11.7. The molecular weight excluding hydrogens is 424 g/mol. The molecule has 0 bridgehead atoms. The van der Waals surface area contributed by atoms with Crippen molar-refractivity contribution in [3.63, 3.8) is 0 Å². The quantitative estimate of drug-likeness (QED) is 0.279. The van der Waals surface area contributed by atoms with Crippen LogP contribution in [0.1, 0.15) is 0 Å². The van der Waals surface area contributed by atoms with Crippen LogP contribution in [0, 0.1) is 5.41 Å². The Morgan fingerprint density at radius 2 is 1.50 bits per heavy atom. The van der Waals surface area contributed by atoms with Crippen LogP contribution in [0.4, 0.5) is 21.0 Å². The number of aromatic nitrogens is 1. The van der Waals surface area contributed by atoms with E-state index in [4.69, 9.17) is 10.5 Å². The van der Waals surface area contributed by atoms with E-state index in [1.54, 1.807) is 54.9 Å². The standard InChI is InChI=1S/C16H16N4O3.C4H6O5/c17-12-19(13-6-8-18-9-7-13)10-15(21)20(11-16(22)23)14-4-2-1-3-5-14;1-7-3(5)9-4(6)8-2/h1-9,12,17H,10-11H2,(H,22,23);1-2H3. The van der Waals surface area contributed by atoms with Crippen molar-refractivity contribution in [2.24, 2.45) is 0 Å². The zero-order valence-electron chi connectivity index (χ0n) is 17.3. The van der Waals surface area contributed by atoms with E-state index < -0.39 is 30.7 Å². The SMILES string of the molecule is COC(=O)OC(=O)OC.N=CN(CC(=O)N(CC(=O)O)c1ccccc1)c1ccncc1. The Hall–Kier alpha value is -4.48. The predicted octanol–water partition coefficient (Wildman–Crippen LogP) is 2.15. The molecule has 0 unspecified atom stereocenters. The smallest absolute Gasteiger partial charge is 0.480 e. The van der Waals surface area contributed by atoms with Gasteiger partial charge in [0, 0.05) is 23.8 Å². The number of methoxy groups -OCH3 is 2. The van der Waals surface area contributed by atoms with Crippen LogP contribution in [-0.4, -0.2) is 67.9 Å². The Bertz CT molecular complexity index is 894. The number of carbonyl (C=O) groups is 4. The Kier molecular flexibility index (Phi) is 10.9. The molecule has 32 heavy (non-hydrogen) atoms. The Morgan fingerprint density at radius 3 is 1.97 bits per heavy atom. The summed E-state index contributed by atoms with van der Waals surface area (Å²) in [6, 6.07) is 11.9. The summed E-state index contributed by atoms with van der Waals surface area (Å²) in [5, 5.41) is 16.5. The summed E-state index contributed by atoms with van der Waals surface area (Å²) >= 11 is 0. The van der Waals surface area contributed by atoms with Gasteiger partial charge >= 0.3 is 18.3 Å². The van der Waals surface area contributed by atoms with Gasteiger partial charge in [0.15, 0.2) is 0 Å². The summed E-state index contributed by atoms with van der Waals surface area (Å²) in [5.41, 5.74) is 1.13. The second kappa shape index (κ2) is 13.7. The second-order valence-electron chi connectivity index (χ2n) is 5.68. The molecule has 1 aromatic heterocycles. The number of ether oxygens (including phenoxy) is 3. The molecule has 2 rings (SSSR count). The number of rotatable bonds is 7. The first kappa shape index (κ1) is 25.6. The van der Waals surface area contributed by atoms with Crippen molar-refractivity contribution in [1.29, 1.82) is 5.41 Å². The molecule has 2 aromatic rings. The van der Waals surface area contributed by atoms with E-state index in [1.807, 2.05) is 0 Å². The first-order chi connectivity index (χ1) is 15.3. The maximum atomic E-state index is 12.5. The number of aliphatic carboxylic acids is 1. The van der Waals surface area contributed by atoms with Gasteiger partial charge in [0.1, 0.15) is 13.1 Å². The normalized spacial score (nSPS) is 9.31. The van der Waals surface area contributed by atoms with Crippen molar-refractivity contribution >= 4 is 41.9 Å². The van der Waals surface area contributed by atoms with E-state index in [1.165, 1.54) is 9.80 Å². The van der Waals surface area contributed by atoms with Gasteiger partial charge in [-0.3, -0.25) is 24.9 Å². The van der Waals surface area contributed by atoms with Gasteiger partial charge in [-0.25, -0.2) is 9.59 Å². The van der Waals surface area contributed by atoms with Gasteiger partial charge in [0.25, 0.3) is 0 Å². The minimum absolute atomic E-state index is 0.143. The second-order valence-corrected chi connectivity index (χ2v) is 5.68. The van der Waals surface area contributed by atoms with Crippen LogP contribution >= 0.6 is 0 Å². The number of nitrogens with one attached hydrogen (secondary N) is 1. The molecule has 12 nitrogen and oxygen atoms in total. The van der Waals surface area contributed by atoms with Gasteiger partial charge in [-0.15, -0.1) is 0 Å². The molecule has 0 aliphatic heterocycles. The average molecular weight is 446 g/mol. The van der Waals surface area contributed by atoms with Gasteiger partial charge in [0.05, 0.1) is 20.6 Å². The third-order valence-corrected chi connectivity index (χ3v) is 3.62. The number of benzene rings is 1. The first-order valence-electron chi connectivity index (χ1n) is 8.90. The summed E-state index contributed by atoms with van der Waals surface area (Å²) in [6.07, 6.45) is 1.98. The monoisotopic (exact) mass is 446 g/mol.